The highest BCUT2D eigenvalue weighted by molar-refractivity contribution is 5.37. The molecule has 0 aromatic heterocycles. The molecule has 0 atom stereocenters. The van der Waals surface area contributed by atoms with Crippen LogP contribution in [0.4, 0.5) is 0 Å². The van der Waals surface area contributed by atoms with E-state index in [1.165, 1.54) is 5.56 Å². The van der Waals surface area contributed by atoms with Gasteiger partial charge in [-0.25, -0.2) is 0 Å². The van der Waals surface area contributed by atoms with E-state index in [2.05, 4.69) is 26.3 Å². The fourth-order valence-corrected chi connectivity index (χ4v) is 1.45. The molecule has 0 N–H and O–H groups in total. The first-order chi connectivity index (χ1) is 5.67. The van der Waals surface area contributed by atoms with E-state index >= 15 is 0 Å². The minimum Gasteiger partial charge on any atom is -0.487 e. The summed E-state index contributed by atoms with van der Waals surface area (Å²) in [7, 11) is 0. The molecule has 0 amide bonds. The van der Waals surface area contributed by atoms with E-state index in [0.717, 1.165) is 12.2 Å². The number of ether oxygens (including phenoxy) is 1. The fraction of sp³-hybridized carbons (Fsp3) is 0.364. The van der Waals surface area contributed by atoms with Crippen LogP contribution in [-0.4, -0.2) is 5.60 Å². The molecule has 0 bridgehead atoms. The highest BCUT2D eigenvalue weighted by Crippen LogP contribution is 2.31. The smallest absolute Gasteiger partial charge is 0.123 e. The third kappa shape index (κ3) is 1.31. The van der Waals surface area contributed by atoms with Gasteiger partial charge in [-0.15, -0.1) is 0 Å². The third-order valence-corrected chi connectivity index (χ3v) is 2.16. The van der Waals surface area contributed by atoms with Gasteiger partial charge in [0.2, 0.25) is 0 Å². The average molecular weight is 161 g/mol. The number of fused-ring (bicyclic) bond motifs is 1. The van der Waals surface area contributed by atoms with E-state index in [4.69, 9.17) is 4.74 Å². The van der Waals surface area contributed by atoms with Gasteiger partial charge in [-0.3, -0.25) is 0 Å². The summed E-state index contributed by atoms with van der Waals surface area (Å²) in [6, 6.07) is 8.21. The second kappa shape index (κ2) is 2.51. The van der Waals surface area contributed by atoms with Crippen molar-refractivity contribution in [1.29, 1.82) is 0 Å². The van der Waals surface area contributed by atoms with Crippen molar-refractivity contribution < 1.29 is 4.74 Å². The Morgan fingerprint density at radius 3 is 2.83 bits per heavy atom. The van der Waals surface area contributed by atoms with Crippen LogP contribution in [0.25, 0.3) is 0 Å². The van der Waals surface area contributed by atoms with Gasteiger partial charge in [0.1, 0.15) is 11.4 Å². The van der Waals surface area contributed by atoms with E-state index in [1.54, 1.807) is 0 Å². The van der Waals surface area contributed by atoms with Crippen molar-refractivity contribution in [2.75, 3.05) is 0 Å². The Bertz CT molecular complexity index is 289. The van der Waals surface area contributed by atoms with E-state index in [1.807, 2.05) is 18.2 Å². The zero-order valence-electron chi connectivity index (χ0n) is 7.50. The molecule has 1 heteroatoms. The van der Waals surface area contributed by atoms with Gasteiger partial charge in [-0.1, -0.05) is 18.2 Å². The van der Waals surface area contributed by atoms with Crippen LogP contribution in [0.15, 0.2) is 24.3 Å². The maximum absolute atomic E-state index is 5.76. The minimum atomic E-state index is -0.103. The average Bonchev–Trinajstić information content (AvgIpc) is 2.02. The fourth-order valence-electron chi connectivity index (χ4n) is 1.45. The lowest BCUT2D eigenvalue weighted by molar-refractivity contribution is 0.129. The molecular formula is C11H13O. The summed E-state index contributed by atoms with van der Waals surface area (Å²) in [5.41, 5.74) is 1.19. The van der Waals surface area contributed by atoms with E-state index < -0.39 is 0 Å². The van der Waals surface area contributed by atoms with Crippen LogP contribution in [0.5, 0.6) is 5.75 Å². The molecule has 0 spiro atoms. The van der Waals surface area contributed by atoms with Crippen molar-refractivity contribution in [3.8, 4) is 5.75 Å². The molecule has 1 aromatic rings. The second-order valence-corrected chi connectivity index (χ2v) is 3.72. The van der Waals surface area contributed by atoms with Gasteiger partial charge in [0.05, 0.1) is 0 Å². The number of benzene rings is 1. The zero-order chi connectivity index (χ0) is 8.60. The SMILES string of the molecule is CC1(C)[CH]Cc2ccccc2O1. The quantitative estimate of drug-likeness (QED) is 0.568. The van der Waals surface area contributed by atoms with Crippen LogP contribution in [-0.2, 0) is 6.42 Å². The topological polar surface area (TPSA) is 9.23 Å². The highest BCUT2D eigenvalue weighted by Gasteiger charge is 2.25. The van der Waals surface area contributed by atoms with Crippen molar-refractivity contribution in [3.63, 3.8) is 0 Å². The Morgan fingerprint density at radius 1 is 1.25 bits per heavy atom. The summed E-state index contributed by atoms with van der Waals surface area (Å²) in [6.45, 7) is 4.17. The summed E-state index contributed by atoms with van der Waals surface area (Å²) in [6.07, 6.45) is 3.22. The summed E-state index contributed by atoms with van der Waals surface area (Å²) in [5, 5.41) is 0. The first-order valence-corrected chi connectivity index (χ1v) is 4.29. The Labute approximate surface area is 73.4 Å². The first-order valence-electron chi connectivity index (χ1n) is 4.29. The molecule has 1 aromatic carbocycles. The van der Waals surface area contributed by atoms with Crippen molar-refractivity contribution in [3.05, 3.63) is 36.2 Å². The Balaban J connectivity index is 2.35. The molecule has 1 heterocycles. The van der Waals surface area contributed by atoms with Crippen molar-refractivity contribution in [2.24, 2.45) is 0 Å². The van der Waals surface area contributed by atoms with E-state index in [0.29, 0.717) is 0 Å². The molecule has 0 aliphatic carbocycles. The minimum absolute atomic E-state index is 0.103. The molecule has 12 heavy (non-hydrogen) atoms. The van der Waals surface area contributed by atoms with Gasteiger partial charge >= 0.3 is 0 Å². The van der Waals surface area contributed by atoms with Crippen molar-refractivity contribution in [1.82, 2.24) is 0 Å². The van der Waals surface area contributed by atoms with Crippen molar-refractivity contribution >= 4 is 0 Å². The van der Waals surface area contributed by atoms with Gasteiger partial charge in [0.25, 0.3) is 0 Å². The number of hydrogen-bond acceptors (Lipinski definition) is 1. The lowest BCUT2D eigenvalue weighted by Gasteiger charge is -2.32. The maximum Gasteiger partial charge on any atom is 0.123 e. The predicted octanol–water partition coefficient (Wildman–Crippen LogP) is 2.60. The molecule has 0 saturated heterocycles. The Hall–Kier alpha value is -0.980. The highest BCUT2D eigenvalue weighted by atomic mass is 16.5. The standard InChI is InChI=1S/C11H13O/c1-11(2)8-7-9-5-3-4-6-10(9)12-11/h3-6,8H,7H2,1-2H3. The molecule has 0 unspecified atom stereocenters. The van der Waals surface area contributed by atoms with Crippen LogP contribution in [0, 0.1) is 6.42 Å². The van der Waals surface area contributed by atoms with Crippen LogP contribution >= 0.6 is 0 Å². The molecule has 1 aliphatic heterocycles. The normalized spacial score (nSPS) is 19.5. The molecule has 2 rings (SSSR count). The molecule has 63 valence electrons. The molecule has 1 nitrogen and oxygen atoms in total. The number of hydrogen-bond donors (Lipinski definition) is 0. The van der Waals surface area contributed by atoms with Gasteiger partial charge in [-0.05, 0) is 31.9 Å². The molecule has 1 radical (unpaired) electrons. The first kappa shape index (κ1) is 7.66. The predicted molar refractivity (Wildman–Crippen MR) is 49.2 cm³/mol. The summed E-state index contributed by atoms with van der Waals surface area (Å²) in [4.78, 5) is 0. The molecule has 0 fully saturated rings. The lowest BCUT2D eigenvalue weighted by atomic mass is 9.94. The third-order valence-electron chi connectivity index (χ3n) is 2.16. The van der Waals surface area contributed by atoms with Gasteiger partial charge in [0.15, 0.2) is 0 Å². The summed E-state index contributed by atoms with van der Waals surface area (Å²) >= 11 is 0. The van der Waals surface area contributed by atoms with Crippen molar-refractivity contribution in [2.45, 2.75) is 25.9 Å². The summed E-state index contributed by atoms with van der Waals surface area (Å²) in [5.74, 6) is 1.03. The molecule has 0 saturated carbocycles. The van der Waals surface area contributed by atoms with Crippen LogP contribution < -0.4 is 4.74 Å². The molecular weight excluding hydrogens is 148 g/mol. The molecule has 1 aliphatic rings. The second-order valence-electron chi connectivity index (χ2n) is 3.72. The lowest BCUT2D eigenvalue weighted by Crippen LogP contribution is -2.33. The van der Waals surface area contributed by atoms with E-state index in [9.17, 15) is 0 Å². The van der Waals surface area contributed by atoms with Crippen LogP contribution in [0.3, 0.4) is 0 Å². The van der Waals surface area contributed by atoms with Gasteiger partial charge in [0, 0.05) is 6.42 Å². The van der Waals surface area contributed by atoms with Gasteiger partial charge < -0.3 is 4.74 Å². The van der Waals surface area contributed by atoms with Crippen LogP contribution in [0.2, 0.25) is 0 Å². The zero-order valence-corrected chi connectivity index (χ0v) is 7.50. The van der Waals surface area contributed by atoms with Gasteiger partial charge in [-0.2, -0.15) is 0 Å². The van der Waals surface area contributed by atoms with E-state index in [-0.39, 0.29) is 5.60 Å². The maximum atomic E-state index is 5.76. The van der Waals surface area contributed by atoms with Crippen LogP contribution in [0.1, 0.15) is 19.4 Å². The number of para-hydroxylation sites is 1. The summed E-state index contributed by atoms with van der Waals surface area (Å²) < 4.78 is 5.76. The number of rotatable bonds is 0. The largest absolute Gasteiger partial charge is 0.487 e. The monoisotopic (exact) mass is 161 g/mol. The Kier molecular flexibility index (Phi) is 1.60. The Morgan fingerprint density at radius 2 is 2.00 bits per heavy atom.